The van der Waals surface area contributed by atoms with Gasteiger partial charge in [0.2, 0.25) is 11.8 Å². The summed E-state index contributed by atoms with van der Waals surface area (Å²) in [5.41, 5.74) is -0.0362. The number of urea groups is 2. The van der Waals surface area contributed by atoms with Crippen molar-refractivity contribution in [2.75, 3.05) is 26.2 Å². The van der Waals surface area contributed by atoms with Gasteiger partial charge in [-0.1, -0.05) is 36.4 Å². The number of carbonyl (C=O) groups is 4. The first-order valence-electron chi connectivity index (χ1n) is 13.5. The van der Waals surface area contributed by atoms with Gasteiger partial charge in [0.05, 0.1) is 22.9 Å². The zero-order valence-electron chi connectivity index (χ0n) is 21.9. The number of hydrogen-bond acceptors (Lipinski definition) is 4. The smallest absolute Gasteiger partial charge is 0.327 e. The molecule has 4 atom stereocenters. The molecule has 0 unspecified atom stereocenters. The largest absolute Gasteiger partial charge is 0.339 e. The molecule has 1 aromatic heterocycles. The van der Waals surface area contributed by atoms with Crippen molar-refractivity contribution in [3.05, 3.63) is 48.5 Å². The molecule has 9 nitrogen and oxygen atoms in total. The second-order valence-electron chi connectivity index (χ2n) is 11.3. The van der Waals surface area contributed by atoms with Gasteiger partial charge in [0, 0.05) is 54.5 Å². The summed E-state index contributed by atoms with van der Waals surface area (Å²) < 4.78 is 2.22. The number of benzene rings is 2. The van der Waals surface area contributed by atoms with Gasteiger partial charge in [-0.25, -0.2) is 9.59 Å². The molecule has 7 rings (SSSR count). The summed E-state index contributed by atoms with van der Waals surface area (Å²) in [4.78, 5) is 61.3. The molecule has 6 amide bonds. The Kier molecular flexibility index (Phi) is 4.64. The Labute approximate surface area is 220 Å². The standard InChI is InChI=1S/C29H31N5O4/c1-4-30-22-23-29(3)25(36)34(15-9-14-33(26(30)37)24(35)28(22,29)2)27(38)32(23)17-16-31-20-12-7-5-10-18(20)19-11-6-8-13-21(19)31/h5-8,10-13,22-23H,4,9,14-17H2,1-3H3/t22-,23+,28+,29-/m1/s1. The summed E-state index contributed by atoms with van der Waals surface area (Å²) in [6.45, 7) is 7.23. The maximum absolute atomic E-state index is 13.9. The highest BCUT2D eigenvalue weighted by Crippen LogP contribution is 2.65. The van der Waals surface area contributed by atoms with Crippen LogP contribution in [0.2, 0.25) is 0 Å². The number of hydrogen-bond donors (Lipinski definition) is 0. The quantitative estimate of drug-likeness (QED) is 0.534. The number of nitrogens with zero attached hydrogens (tertiary/aromatic N) is 5. The third kappa shape index (κ3) is 2.47. The Hall–Kier alpha value is -3.88. The molecule has 38 heavy (non-hydrogen) atoms. The van der Waals surface area contributed by atoms with Gasteiger partial charge in [0.25, 0.3) is 0 Å². The Morgan fingerprint density at radius 3 is 1.71 bits per heavy atom. The van der Waals surface area contributed by atoms with Gasteiger partial charge in [-0.2, -0.15) is 0 Å². The number of amides is 6. The number of fused-ring (bicyclic) bond motifs is 6. The molecule has 4 heterocycles. The lowest BCUT2D eigenvalue weighted by atomic mass is 9.41. The molecule has 2 aromatic carbocycles. The van der Waals surface area contributed by atoms with Crippen LogP contribution >= 0.6 is 0 Å². The Morgan fingerprint density at radius 1 is 0.711 bits per heavy atom. The maximum atomic E-state index is 13.9. The van der Waals surface area contributed by atoms with Crippen LogP contribution in [-0.2, 0) is 16.1 Å². The molecule has 3 aliphatic heterocycles. The van der Waals surface area contributed by atoms with Gasteiger partial charge >= 0.3 is 12.1 Å². The predicted molar refractivity (Wildman–Crippen MR) is 141 cm³/mol. The molecule has 0 N–H and O–H groups in total. The summed E-state index contributed by atoms with van der Waals surface area (Å²) in [6, 6.07) is 14.7. The van der Waals surface area contributed by atoms with E-state index in [4.69, 9.17) is 0 Å². The molecule has 3 aromatic rings. The van der Waals surface area contributed by atoms with Gasteiger partial charge in [-0.05, 0) is 39.3 Å². The highest BCUT2D eigenvalue weighted by molar-refractivity contribution is 6.11. The van der Waals surface area contributed by atoms with E-state index in [1.54, 1.807) is 9.80 Å². The van der Waals surface area contributed by atoms with Crippen molar-refractivity contribution in [3.63, 3.8) is 0 Å². The van der Waals surface area contributed by atoms with E-state index in [1.165, 1.54) is 9.80 Å². The van der Waals surface area contributed by atoms with Crippen molar-refractivity contribution < 1.29 is 19.2 Å². The van der Waals surface area contributed by atoms with Crippen LogP contribution in [0.1, 0.15) is 27.2 Å². The summed E-state index contributed by atoms with van der Waals surface area (Å²) in [5, 5.41) is 2.30. The molecule has 0 radical (unpaired) electrons. The summed E-state index contributed by atoms with van der Waals surface area (Å²) in [7, 11) is 0. The van der Waals surface area contributed by atoms with Crippen molar-refractivity contribution >= 4 is 45.7 Å². The second kappa shape index (κ2) is 7.58. The molecule has 4 aliphatic rings. The van der Waals surface area contributed by atoms with Crippen LogP contribution in [-0.4, -0.2) is 86.3 Å². The van der Waals surface area contributed by atoms with Crippen molar-refractivity contribution in [3.8, 4) is 0 Å². The minimum atomic E-state index is -1.11. The SMILES string of the molecule is CCN1C(=O)N2CCCN3C(=O)N(CCn4c5ccccc5c5ccccc54)[C@H]4[C@@H]1[C@@](C)(C2=O)[C@@]4(C)C3=O. The monoisotopic (exact) mass is 513 g/mol. The van der Waals surface area contributed by atoms with Gasteiger partial charge < -0.3 is 14.4 Å². The van der Waals surface area contributed by atoms with Crippen molar-refractivity contribution in [2.45, 2.75) is 45.8 Å². The highest BCUT2D eigenvalue weighted by Gasteiger charge is 2.82. The first kappa shape index (κ1) is 23.3. The van der Waals surface area contributed by atoms with E-state index in [1.807, 2.05) is 45.0 Å². The average Bonchev–Trinajstić information content (AvgIpc) is 3.23. The predicted octanol–water partition coefficient (Wildman–Crippen LogP) is 3.51. The normalized spacial score (nSPS) is 30.7. The topological polar surface area (TPSA) is 86.2 Å². The van der Waals surface area contributed by atoms with Crippen LogP contribution in [0.4, 0.5) is 9.59 Å². The summed E-state index contributed by atoms with van der Waals surface area (Å²) >= 11 is 0. The molecule has 3 saturated heterocycles. The van der Waals surface area contributed by atoms with Crippen molar-refractivity contribution in [2.24, 2.45) is 10.8 Å². The minimum Gasteiger partial charge on any atom is -0.339 e. The minimum absolute atomic E-state index is 0.190. The fourth-order valence-corrected chi connectivity index (χ4v) is 7.89. The van der Waals surface area contributed by atoms with Crippen LogP contribution in [0.15, 0.2) is 48.5 Å². The van der Waals surface area contributed by atoms with Crippen molar-refractivity contribution in [1.82, 2.24) is 24.2 Å². The van der Waals surface area contributed by atoms with E-state index in [9.17, 15) is 19.2 Å². The van der Waals surface area contributed by atoms with E-state index < -0.39 is 22.9 Å². The van der Waals surface area contributed by atoms with Crippen LogP contribution in [0.3, 0.4) is 0 Å². The van der Waals surface area contributed by atoms with E-state index in [0.29, 0.717) is 26.1 Å². The fourth-order valence-electron chi connectivity index (χ4n) is 7.89. The lowest BCUT2D eigenvalue weighted by Crippen LogP contribution is -2.91. The van der Waals surface area contributed by atoms with E-state index in [2.05, 4.69) is 28.8 Å². The molecule has 4 bridgehead atoms. The maximum Gasteiger partial charge on any atom is 0.327 e. The molecular formula is C29H31N5O4. The molecular weight excluding hydrogens is 482 g/mol. The van der Waals surface area contributed by atoms with Crippen LogP contribution in [0.5, 0.6) is 0 Å². The van der Waals surface area contributed by atoms with Gasteiger partial charge in [-0.15, -0.1) is 0 Å². The second-order valence-corrected chi connectivity index (χ2v) is 11.3. The fraction of sp³-hybridized carbons (Fsp3) is 0.448. The Morgan fingerprint density at radius 2 is 1.18 bits per heavy atom. The highest BCUT2D eigenvalue weighted by atomic mass is 16.2. The average molecular weight is 514 g/mol. The molecule has 9 heteroatoms. The Bertz CT molecular complexity index is 1510. The zero-order valence-corrected chi connectivity index (χ0v) is 21.9. The van der Waals surface area contributed by atoms with E-state index >= 15 is 0 Å². The Balaban J connectivity index is 1.35. The number of imide groups is 2. The number of carbonyl (C=O) groups excluding carboxylic acids is 4. The number of aromatic nitrogens is 1. The summed E-state index contributed by atoms with van der Waals surface area (Å²) in [6.07, 6.45) is 0.370. The van der Waals surface area contributed by atoms with Gasteiger partial charge in [-0.3, -0.25) is 19.4 Å². The third-order valence-electron chi connectivity index (χ3n) is 9.91. The number of likely N-dealkylation sites (N-methyl/N-ethyl adjacent to an activating group) is 1. The van der Waals surface area contributed by atoms with Gasteiger partial charge in [0.15, 0.2) is 0 Å². The third-order valence-corrected chi connectivity index (χ3v) is 9.91. The van der Waals surface area contributed by atoms with E-state index in [-0.39, 0.29) is 37.0 Å². The van der Waals surface area contributed by atoms with Crippen LogP contribution < -0.4 is 0 Å². The number of rotatable bonds is 4. The molecule has 1 saturated carbocycles. The summed E-state index contributed by atoms with van der Waals surface area (Å²) in [5.74, 6) is -0.581. The molecule has 196 valence electrons. The zero-order chi connectivity index (χ0) is 26.6. The molecule has 0 spiro atoms. The van der Waals surface area contributed by atoms with Gasteiger partial charge in [0.1, 0.15) is 0 Å². The first-order chi connectivity index (χ1) is 18.3. The van der Waals surface area contributed by atoms with Crippen LogP contribution in [0, 0.1) is 10.8 Å². The lowest BCUT2D eigenvalue weighted by molar-refractivity contribution is -0.228. The molecule has 4 fully saturated rings. The van der Waals surface area contributed by atoms with Crippen molar-refractivity contribution in [1.29, 1.82) is 0 Å². The number of para-hydroxylation sites is 2. The lowest BCUT2D eigenvalue weighted by Gasteiger charge is -2.72. The van der Waals surface area contributed by atoms with Crippen LogP contribution in [0.25, 0.3) is 21.8 Å². The molecule has 1 aliphatic carbocycles. The van der Waals surface area contributed by atoms with E-state index in [0.717, 1.165) is 21.8 Å². The first-order valence-corrected chi connectivity index (χ1v) is 13.5.